The largest absolute Gasteiger partial charge is 0.493 e. The van der Waals surface area contributed by atoms with Crippen LogP contribution in [0.1, 0.15) is 20.3 Å². The lowest BCUT2D eigenvalue weighted by molar-refractivity contribution is -0.0852. The van der Waals surface area contributed by atoms with Gasteiger partial charge in [-0.3, -0.25) is 0 Å². The smallest absolute Gasteiger partial charge is 0.426 e. The third-order valence-corrected chi connectivity index (χ3v) is 3.65. The predicted octanol–water partition coefficient (Wildman–Crippen LogP) is 5.18. The average Bonchev–Trinajstić information content (AvgIpc) is 2.49. The predicted molar refractivity (Wildman–Crippen MR) is 81.1 cm³/mol. The summed E-state index contributed by atoms with van der Waals surface area (Å²) in [5.41, 5.74) is -0.283. The van der Waals surface area contributed by atoms with Crippen LogP contribution in [0.25, 0.3) is 0 Å². The van der Waals surface area contributed by atoms with E-state index in [2.05, 4.69) is 0 Å². The molecule has 6 heteroatoms. The molecule has 1 aromatic carbocycles. The van der Waals surface area contributed by atoms with E-state index in [-0.39, 0.29) is 18.6 Å². The van der Waals surface area contributed by atoms with Crippen LogP contribution in [0.2, 0.25) is 0 Å². The first-order chi connectivity index (χ1) is 10.3. The maximum Gasteiger partial charge on any atom is 0.426 e. The van der Waals surface area contributed by atoms with E-state index < -0.39 is 11.2 Å². The van der Waals surface area contributed by atoms with Gasteiger partial charge in [0.2, 0.25) is 0 Å². The summed E-state index contributed by atoms with van der Waals surface area (Å²) in [6.45, 7) is 4.47. The normalized spacial score (nSPS) is 15.5. The Hall–Kier alpha value is -1.20. The third-order valence-electron chi connectivity index (χ3n) is 3.29. The van der Waals surface area contributed by atoms with Gasteiger partial charge >= 0.3 is 6.18 Å². The maximum absolute atomic E-state index is 12.2. The van der Waals surface area contributed by atoms with Crippen molar-refractivity contribution in [3.8, 4) is 5.75 Å². The topological polar surface area (TPSA) is 18.5 Å². The second-order valence-corrected chi connectivity index (χ2v) is 5.74. The number of ether oxygens (including phenoxy) is 2. The fourth-order valence-electron chi connectivity index (χ4n) is 1.57. The number of para-hydroxylation sites is 1. The Morgan fingerprint density at radius 2 is 1.82 bits per heavy atom. The lowest BCUT2D eigenvalue weighted by Crippen LogP contribution is -2.30. The van der Waals surface area contributed by atoms with Crippen molar-refractivity contribution in [1.82, 2.24) is 0 Å². The lowest BCUT2D eigenvalue weighted by Gasteiger charge is -2.27. The fraction of sp³-hybridized carbons (Fsp3) is 0.500. The van der Waals surface area contributed by atoms with Crippen molar-refractivity contribution < 1.29 is 22.6 Å². The van der Waals surface area contributed by atoms with E-state index in [0.29, 0.717) is 6.61 Å². The summed E-state index contributed by atoms with van der Waals surface area (Å²) in [7, 11) is 0. The van der Waals surface area contributed by atoms with Gasteiger partial charge in [0.25, 0.3) is 0 Å². The van der Waals surface area contributed by atoms with Crippen molar-refractivity contribution in [2.24, 2.45) is 5.41 Å². The Labute approximate surface area is 133 Å². The minimum atomic E-state index is -4.52. The fourth-order valence-corrected chi connectivity index (χ4v) is 1.64. The van der Waals surface area contributed by atoms with E-state index in [1.54, 1.807) is 0 Å². The van der Waals surface area contributed by atoms with Crippen LogP contribution < -0.4 is 4.74 Å². The molecule has 0 aliphatic carbocycles. The molecule has 0 spiro atoms. The van der Waals surface area contributed by atoms with Crippen LogP contribution in [0.15, 0.2) is 41.4 Å². The summed E-state index contributed by atoms with van der Waals surface area (Å²) < 4.78 is 47.6. The number of hydrogen-bond acceptors (Lipinski definition) is 2. The molecule has 0 fully saturated rings. The van der Waals surface area contributed by atoms with Gasteiger partial charge in [0, 0.05) is 5.41 Å². The molecular formula is C16H20ClF3O2. The average molecular weight is 337 g/mol. The number of hydrogen-bond donors (Lipinski definition) is 0. The van der Waals surface area contributed by atoms with E-state index in [0.717, 1.165) is 18.2 Å². The highest BCUT2D eigenvalue weighted by Gasteiger charge is 2.32. The summed E-state index contributed by atoms with van der Waals surface area (Å²) >= 11 is 5.11. The summed E-state index contributed by atoms with van der Waals surface area (Å²) in [4.78, 5) is 0. The minimum Gasteiger partial charge on any atom is -0.493 e. The Bertz CT molecular complexity index is 474. The SMILES string of the molecule is CCC(C)(COC/C=C(\Cl)C(F)(F)F)COc1ccccc1. The second-order valence-electron chi connectivity index (χ2n) is 5.33. The van der Waals surface area contributed by atoms with Gasteiger partial charge in [-0.1, -0.05) is 43.6 Å². The zero-order valence-electron chi connectivity index (χ0n) is 12.6. The highest BCUT2D eigenvalue weighted by atomic mass is 35.5. The van der Waals surface area contributed by atoms with E-state index in [1.807, 2.05) is 44.2 Å². The molecule has 1 aromatic rings. The van der Waals surface area contributed by atoms with Gasteiger partial charge in [0.1, 0.15) is 10.8 Å². The van der Waals surface area contributed by atoms with Crippen molar-refractivity contribution in [2.45, 2.75) is 26.4 Å². The van der Waals surface area contributed by atoms with Gasteiger partial charge in [-0.05, 0) is 24.6 Å². The van der Waals surface area contributed by atoms with E-state index in [4.69, 9.17) is 21.1 Å². The van der Waals surface area contributed by atoms with Gasteiger partial charge in [-0.25, -0.2) is 0 Å². The second kappa shape index (κ2) is 8.44. The standard InChI is InChI=1S/C16H20ClF3O2/c1-3-15(2,12-22-13-7-5-4-6-8-13)11-21-10-9-14(17)16(18,19)20/h4-9H,3,10-12H2,1-2H3/b14-9-. The van der Waals surface area contributed by atoms with Crippen molar-refractivity contribution in [3.63, 3.8) is 0 Å². The van der Waals surface area contributed by atoms with Crippen LogP contribution in [0.5, 0.6) is 5.75 Å². The number of rotatable bonds is 8. The van der Waals surface area contributed by atoms with Crippen LogP contribution in [-0.2, 0) is 4.74 Å². The summed E-state index contributed by atoms with van der Waals surface area (Å²) in [6.07, 6.45) is -2.92. The Kier molecular flexibility index (Phi) is 7.23. The van der Waals surface area contributed by atoms with Gasteiger partial charge < -0.3 is 9.47 Å². The highest BCUT2D eigenvalue weighted by Crippen LogP contribution is 2.28. The molecule has 22 heavy (non-hydrogen) atoms. The molecule has 1 unspecified atom stereocenters. The van der Waals surface area contributed by atoms with Crippen molar-refractivity contribution in [3.05, 3.63) is 41.4 Å². The molecule has 0 amide bonds. The molecule has 124 valence electrons. The number of allylic oxidation sites excluding steroid dienone is 1. The quantitative estimate of drug-likeness (QED) is 0.609. The Morgan fingerprint density at radius 3 is 2.36 bits per heavy atom. The van der Waals surface area contributed by atoms with Gasteiger partial charge in [0.05, 0.1) is 19.8 Å². The molecule has 2 nitrogen and oxygen atoms in total. The van der Waals surface area contributed by atoms with Crippen LogP contribution in [0.3, 0.4) is 0 Å². The van der Waals surface area contributed by atoms with Crippen molar-refractivity contribution in [2.75, 3.05) is 19.8 Å². The summed E-state index contributed by atoms with van der Waals surface area (Å²) in [5, 5.41) is -1.16. The Morgan fingerprint density at radius 1 is 1.18 bits per heavy atom. The highest BCUT2D eigenvalue weighted by molar-refractivity contribution is 6.30. The number of benzene rings is 1. The van der Waals surface area contributed by atoms with E-state index >= 15 is 0 Å². The molecule has 0 radical (unpaired) electrons. The van der Waals surface area contributed by atoms with Gasteiger partial charge in [0.15, 0.2) is 0 Å². The molecule has 0 aliphatic heterocycles. The van der Waals surface area contributed by atoms with Crippen LogP contribution in [0.4, 0.5) is 13.2 Å². The molecule has 0 saturated carbocycles. The van der Waals surface area contributed by atoms with Crippen LogP contribution >= 0.6 is 11.6 Å². The molecule has 0 aromatic heterocycles. The van der Waals surface area contributed by atoms with Gasteiger partial charge in [-0.2, -0.15) is 13.2 Å². The first-order valence-electron chi connectivity index (χ1n) is 6.95. The number of halogens is 4. The zero-order valence-corrected chi connectivity index (χ0v) is 13.4. The van der Waals surface area contributed by atoms with Crippen LogP contribution in [0, 0.1) is 5.41 Å². The number of alkyl halides is 3. The molecule has 1 rings (SSSR count). The first kappa shape index (κ1) is 18.8. The van der Waals surface area contributed by atoms with Gasteiger partial charge in [-0.15, -0.1) is 0 Å². The van der Waals surface area contributed by atoms with E-state index in [9.17, 15) is 13.2 Å². The molecule has 1 atom stereocenters. The molecule has 0 N–H and O–H groups in total. The zero-order chi connectivity index (χ0) is 16.6. The molecule has 0 aliphatic rings. The molecule has 0 bridgehead atoms. The monoisotopic (exact) mass is 336 g/mol. The van der Waals surface area contributed by atoms with E-state index in [1.165, 1.54) is 0 Å². The third kappa shape index (κ3) is 6.71. The minimum absolute atomic E-state index is 0.181. The van der Waals surface area contributed by atoms with Crippen LogP contribution in [-0.4, -0.2) is 26.0 Å². The lowest BCUT2D eigenvalue weighted by atomic mass is 9.90. The van der Waals surface area contributed by atoms with Crippen molar-refractivity contribution >= 4 is 11.6 Å². The molecule has 0 heterocycles. The summed E-state index contributed by atoms with van der Waals surface area (Å²) in [5.74, 6) is 0.752. The molecule has 0 saturated heterocycles. The molecular weight excluding hydrogens is 317 g/mol. The van der Waals surface area contributed by atoms with Crippen molar-refractivity contribution in [1.29, 1.82) is 0 Å². The first-order valence-corrected chi connectivity index (χ1v) is 7.33. The maximum atomic E-state index is 12.2. The summed E-state index contributed by atoms with van der Waals surface area (Å²) in [6, 6.07) is 9.34. The Balaban J connectivity index is 2.43.